The predicted molar refractivity (Wildman–Crippen MR) is 88.1 cm³/mol. The maximum absolute atomic E-state index is 12.9. The molecule has 0 atom stereocenters. The highest BCUT2D eigenvalue weighted by atomic mass is 35.5. The number of sulfonamides is 1. The van der Waals surface area contributed by atoms with Gasteiger partial charge in [0.2, 0.25) is 0 Å². The van der Waals surface area contributed by atoms with Crippen molar-refractivity contribution < 1.29 is 8.42 Å². The van der Waals surface area contributed by atoms with E-state index in [1.807, 2.05) is 31.3 Å². The Labute approximate surface area is 133 Å². The molecule has 0 unspecified atom stereocenters. The standard InChI is InChI=1S/C14H15ClN2O2S2/c1-16-8-9-17(13-5-3-2-4-12(13)16)21(18,19)14-7-6-11(10-15)20-14/h2-7H,8-10H2,1H3. The number of hydrogen-bond donors (Lipinski definition) is 0. The van der Waals surface area contributed by atoms with Crippen molar-refractivity contribution in [1.82, 2.24) is 0 Å². The van der Waals surface area contributed by atoms with Crippen LogP contribution in [-0.4, -0.2) is 28.6 Å². The Hall–Kier alpha value is -1.24. The number of thiophene rings is 1. The summed E-state index contributed by atoms with van der Waals surface area (Å²) in [7, 11) is -1.55. The molecule has 0 saturated carbocycles. The van der Waals surface area contributed by atoms with Crippen LogP contribution in [0.25, 0.3) is 0 Å². The number of benzene rings is 1. The number of likely N-dealkylation sites (N-methyl/N-ethyl adjacent to an activating group) is 1. The lowest BCUT2D eigenvalue weighted by Crippen LogP contribution is -2.42. The van der Waals surface area contributed by atoms with Crippen LogP contribution in [0.1, 0.15) is 4.88 Å². The molecule has 0 aliphatic carbocycles. The molecule has 2 aromatic rings. The molecule has 4 nitrogen and oxygen atoms in total. The summed E-state index contributed by atoms with van der Waals surface area (Å²) in [6, 6.07) is 11.0. The van der Waals surface area contributed by atoms with Crippen molar-refractivity contribution >= 4 is 44.3 Å². The summed E-state index contributed by atoms with van der Waals surface area (Å²) in [5.74, 6) is 0.333. The minimum Gasteiger partial charge on any atom is -0.371 e. The molecule has 0 saturated heterocycles. The predicted octanol–water partition coefficient (Wildman–Crippen LogP) is 3.13. The summed E-state index contributed by atoms with van der Waals surface area (Å²) in [5.41, 5.74) is 1.66. The van der Waals surface area contributed by atoms with Crippen LogP contribution in [0.5, 0.6) is 0 Å². The highest BCUT2D eigenvalue weighted by molar-refractivity contribution is 7.94. The number of halogens is 1. The first-order chi connectivity index (χ1) is 10.0. The molecule has 0 spiro atoms. The monoisotopic (exact) mass is 342 g/mol. The molecule has 1 aromatic heterocycles. The molecular formula is C14H15ClN2O2S2. The number of para-hydroxylation sites is 2. The van der Waals surface area contributed by atoms with Crippen molar-refractivity contribution in [3.05, 3.63) is 41.3 Å². The summed E-state index contributed by atoms with van der Waals surface area (Å²) < 4.78 is 27.6. The second kappa shape index (κ2) is 5.51. The van der Waals surface area contributed by atoms with Crippen LogP contribution in [0.3, 0.4) is 0 Å². The SMILES string of the molecule is CN1CCN(S(=O)(=O)c2ccc(CCl)s2)c2ccccc21. The van der Waals surface area contributed by atoms with E-state index in [2.05, 4.69) is 4.90 Å². The first-order valence-electron chi connectivity index (χ1n) is 6.51. The molecule has 21 heavy (non-hydrogen) atoms. The Morgan fingerprint density at radius 2 is 1.86 bits per heavy atom. The number of anilines is 2. The summed E-state index contributed by atoms with van der Waals surface area (Å²) in [5, 5.41) is 0. The molecule has 0 bridgehead atoms. The zero-order valence-corrected chi connectivity index (χ0v) is 13.9. The zero-order valence-electron chi connectivity index (χ0n) is 11.5. The summed E-state index contributed by atoms with van der Waals surface area (Å²) in [6.07, 6.45) is 0. The van der Waals surface area contributed by atoms with Gasteiger partial charge in [-0.25, -0.2) is 8.42 Å². The molecular weight excluding hydrogens is 328 g/mol. The fourth-order valence-electron chi connectivity index (χ4n) is 2.41. The van der Waals surface area contributed by atoms with E-state index in [9.17, 15) is 8.42 Å². The highest BCUT2D eigenvalue weighted by Gasteiger charge is 2.31. The van der Waals surface area contributed by atoms with E-state index in [0.29, 0.717) is 23.2 Å². The lowest BCUT2D eigenvalue weighted by Gasteiger charge is -2.35. The number of alkyl halides is 1. The molecule has 1 aliphatic rings. The van der Waals surface area contributed by atoms with Gasteiger partial charge in [0.1, 0.15) is 4.21 Å². The Morgan fingerprint density at radius 1 is 1.14 bits per heavy atom. The van der Waals surface area contributed by atoms with Crippen molar-refractivity contribution in [1.29, 1.82) is 0 Å². The van der Waals surface area contributed by atoms with Gasteiger partial charge in [-0.05, 0) is 24.3 Å². The van der Waals surface area contributed by atoms with E-state index >= 15 is 0 Å². The smallest absolute Gasteiger partial charge is 0.273 e. The van der Waals surface area contributed by atoms with Crippen LogP contribution >= 0.6 is 22.9 Å². The van der Waals surface area contributed by atoms with Gasteiger partial charge in [-0.15, -0.1) is 22.9 Å². The maximum atomic E-state index is 12.9. The van der Waals surface area contributed by atoms with E-state index in [1.54, 1.807) is 12.1 Å². The molecule has 0 fully saturated rings. The third kappa shape index (κ3) is 2.52. The van der Waals surface area contributed by atoms with Gasteiger partial charge in [-0.3, -0.25) is 4.31 Å². The molecule has 0 amide bonds. The third-order valence-corrected chi connectivity index (χ3v) is 7.33. The van der Waals surface area contributed by atoms with Gasteiger partial charge >= 0.3 is 0 Å². The maximum Gasteiger partial charge on any atom is 0.273 e. The van der Waals surface area contributed by atoms with Crippen molar-refractivity contribution in [2.24, 2.45) is 0 Å². The van der Waals surface area contributed by atoms with Gasteiger partial charge in [0.15, 0.2) is 0 Å². The van der Waals surface area contributed by atoms with Crippen LogP contribution in [0, 0.1) is 0 Å². The number of nitrogens with zero attached hydrogens (tertiary/aromatic N) is 2. The van der Waals surface area contributed by atoms with E-state index in [0.717, 1.165) is 16.3 Å². The van der Waals surface area contributed by atoms with Gasteiger partial charge in [-0.2, -0.15) is 0 Å². The minimum atomic E-state index is -3.52. The van der Waals surface area contributed by atoms with E-state index in [1.165, 1.54) is 15.6 Å². The normalized spacial score (nSPS) is 15.1. The van der Waals surface area contributed by atoms with Crippen LogP contribution in [-0.2, 0) is 15.9 Å². The van der Waals surface area contributed by atoms with E-state index in [-0.39, 0.29) is 0 Å². The van der Waals surface area contributed by atoms with Crippen molar-refractivity contribution in [3.63, 3.8) is 0 Å². The van der Waals surface area contributed by atoms with Crippen molar-refractivity contribution in [3.8, 4) is 0 Å². The average Bonchev–Trinajstić information content (AvgIpc) is 2.97. The highest BCUT2D eigenvalue weighted by Crippen LogP contribution is 2.37. The van der Waals surface area contributed by atoms with E-state index < -0.39 is 10.0 Å². The average molecular weight is 343 g/mol. The van der Waals surface area contributed by atoms with Crippen LogP contribution < -0.4 is 9.21 Å². The fourth-order valence-corrected chi connectivity index (χ4v) is 5.45. The molecule has 2 heterocycles. The first kappa shape index (κ1) is 14.7. The fraction of sp³-hybridized carbons (Fsp3) is 0.286. The van der Waals surface area contributed by atoms with Gasteiger partial charge in [0.05, 0.1) is 23.8 Å². The quantitative estimate of drug-likeness (QED) is 0.805. The lowest BCUT2D eigenvalue weighted by molar-refractivity contribution is 0.591. The molecule has 1 aliphatic heterocycles. The zero-order chi connectivity index (χ0) is 15.0. The second-order valence-electron chi connectivity index (χ2n) is 4.84. The van der Waals surface area contributed by atoms with Crippen LogP contribution in [0.4, 0.5) is 11.4 Å². The van der Waals surface area contributed by atoms with Crippen molar-refractivity contribution in [2.45, 2.75) is 10.1 Å². The topological polar surface area (TPSA) is 40.6 Å². The molecule has 1 aromatic carbocycles. The third-order valence-electron chi connectivity index (χ3n) is 3.51. The minimum absolute atomic E-state index is 0.333. The molecule has 0 N–H and O–H groups in total. The molecule has 7 heteroatoms. The summed E-state index contributed by atoms with van der Waals surface area (Å²) in [6.45, 7) is 1.12. The van der Waals surface area contributed by atoms with Gasteiger partial charge < -0.3 is 4.90 Å². The van der Waals surface area contributed by atoms with Gasteiger partial charge in [-0.1, -0.05) is 12.1 Å². The Balaban J connectivity index is 2.06. The number of hydrogen-bond acceptors (Lipinski definition) is 4. The van der Waals surface area contributed by atoms with Crippen LogP contribution in [0.2, 0.25) is 0 Å². The number of rotatable bonds is 3. The first-order valence-corrected chi connectivity index (χ1v) is 9.31. The lowest BCUT2D eigenvalue weighted by atomic mass is 10.2. The Bertz CT molecular complexity index is 758. The summed E-state index contributed by atoms with van der Waals surface area (Å²) in [4.78, 5) is 2.93. The second-order valence-corrected chi connectivity index (χ2v) is 8.37. The molecule has 3 rings (SSSR count). The largest absolute Gasteiger partial charge is 0.371 e. The van der Waals surface area contributed by atoms with Gasteiger partial charge in [0.25, 0.3) is 10.0 Å². The number of fused-ring (bicyclic) bond motifs is 1. The molecule has 112 valence electrons. The molecule has 0 radical (unpaired) electrons. The van der Waals surface area contributed by atoms with Crippen molar-refractivity contribution in [2.75, 3.05) is 29.3 Å². The summed E-state index contributed by atoms with van der Waals surface area (Å²) >= 11 is 7.01. The Kier molecular flexibility index (Phi) is 3.86. The Morgan fingerprint density at radius 3 is 2.52 bits per heavy atom. The van der Waals surface area contributed by atoms with E-state index in [4.69, 9.17) is 11.6 Å². The van der Waals surface area contributed by atoms with Crippen LogP contribution in [0.15, 0.2) is 40.6 Å². The van der Waals surface area contributed by atoms with Gasteiger partial charge in [0, 0.05) is 18.5 Å².